The summed E-state index contributed by atoms with van der Waals surface area (Å²) in [7, 11) is 1.86. The molecule has 0 aliphatic heterocycles. The second kappa shape index (κ2) is 4.14. The van der Waals surface area contributed by atoms with E-state index in [4.69, 9.17) is 0 Å². The molecule has 76 valence electrons. The molecule has 0 saturated carbocycles. The van der Waals surface area contributed by atoms with E-state index in [9.17, 15) is 4.79 Å². The first kappa shape index (κ1) is 9.72. The minimum Gasteiger partial charge on any atom is -0.299 e. The van der Waals surface area contributed by atoms with Crippen molar-refractivity contribution in [3.05, 3.63) is 29.6 Å². The highest BCUT2D eigenvalue weighted by Crippen LogP contribution is 2.13. The maximum Gasteiger partial charge on any atom is 0.137 e. The second-order valence-corrected chi connectivity index (χ2v) is 3.62. The van der Waals surface area contributed by atoms with Crippen LogP contribution in [0.25, 0.3) is 0 Å². The van der Waals surface area contributed by atoms with E-state index in [0.29, 0.717) is 18.6 Å². The minimum absolute atomic E-state index is 0.307. The number of Topliss-reactive ketones (excluding diaryl/α,β-unsaturated/α-hetero) is 1. The number of rotatable bonds is 0. The predicted octanol–water partition coefficient (Wildman–Crippen LogP) is 1.45. The summed E-state index contributed by atoms with van der Waals surface area (Å²) < 4.78 is 1.72. The molecule has 3 nitrogen and oxygen atoms in total. The molecule has 0 radical (unpaired) electrons. The van der Waals surface area contributed by atoms with E-state index in [1.807, 2.05) is 19.3 Å². The summed E-state index contributed by atoms with van der Waals surface area (Å²) in [6.45, 7) is 0. The topological polar surface area (TPSA) is 34.9 Å². The molecule has 1 aromatic heterocycles. The van der Waals surface area contributed by atoms with Crippen LogP contribution in [0.15, 0.2) is 24.0 Å². The van der Waals surface area contributed by atoms with E-state index >= 15 is 0 Å². The molecule has 0 saturated heterocycles. The van der Waals surface area contributed by atoms with Crippen LogP contribution in [-0.4, -0.2) is 15.6 Å². The first-order valence-corrected chi connectivity index (χ1v) is 4.95. The standard InChI is InChI=1S/C12H12N2O/c1-14-9-11(8-13-14)3-2-10-4-6-12(15)7-5-10/h4,8-9H,5-7H2,1H3. The van der Waals surface area contributed by atoms with E-state index in [1.54, 1.807) is 10.9 Å². The second-order valence-electron chi connectivity index (χ2n) is 3.62. The predicted molar refractivity (Wildman–Crippen MR) is 57.0 cm³/mol. The highest BCUT2D eigenvalue weighted by atomic mass is 16.1. The Morgan fingerprint density at radius 1 is 1.40 bits per heavy atom. The Morgan fingerprint density at radius 3 is 2.87 bits per heavy atom. The molecule has 0 fully saturated rings. The number of ketones is 1. The Morgan fingerprint density at radius 2 is 2.27 bits per heavy atom. The van der Waals surface area contributed by atoms with E-state index in [0.717, 1.165) is 17.6 Å². The van der Waals surface area contributed by atoms with Gasteiger partial charge in [-0.3, -0.25) is 9.48 Å². The van der Waals surface area contributed by atoms with Crippen molar-refractivity contribution in [1.82, 2.24) is 9.78 Å². The number of carbonyl (C=O) groups is 1. The van der Waals surface area contributed by atoms with Crippen LogP contribution in [0.3, 0.4) is 0 Å². The van der Waals surface area contributed by atoms with Gasteiger partial charge in [0.1, 0.15) is 5.78 Å². The summed E-state index contributed by atoms with van der Waals surface area (Å²) >= 11 is 0. The summed E-state index contributed by atoms with van der Waals surface area (Å²) in [6.07, 6.45) is 7.50. The smallest absolute Gasteiger partial charge is 0.137 e. The molecular weight excluding hydrogens is 188 g/mol. The van der Waals surface area contributed by atoms with Gasteiger partial charge in [-0.15, -0.1) is 0 Å². The molecule has 1 heterocycles. The average Bonchev–Trinajstić information content (AvgIpc) is 2.64. The highest BCUT2D eigenvalue weighted by Gasteiger charge is 2.07. The third-order valence-corrected chi connectivity index (χ3v) is 2.32. The Bertz CT molecular complexity index is 471. The third kappa shape index (κ3) is 2.57. The Hall–Kier alpha value is -1.82. The number of hydrogen-bond acceptors (Lipinski definition) is 2. The van der Waals surface area contributed by atoms with Gasteiger partial charge in [0.25, 0.3) is 0 Å². The molecule has 0 bridgehead atoms. The largest absolute Gasteiger partial charge is 0.299 e. The summed E-state index contributed by atoms with van der Waals surface area (Å²) in [5.74, 6) is 6.42. The first-order chi connectivity index (χ1) is 7.24. The summed E-state index contributed by atoms with van der Waals surface area (Å²) in [5.41, 5.74) is 1.98. The van der Waals surface area contributed by atoms with Gasteiger partial charge in [-0.2, -0.15) is 5.10 Å². The number of allylic oxidation sites excluding steroid dienone is 2. The molecule has 0 aromatic carbocycles. The number of carbonyl (C=O) groups excluding carboxylic acids is 1. The lowest BCUT2D eigenvalue weighted by Gasteiger charge is -2.04. The number of nitrogens with zero attached hydrogens (tertiary/aromatic N) is 2. The van der Waals surface area contributed by atoms with Crippen LogP contribution in [-0.2, 0) is 11.8 Å². The molecule has 2 rings (SSSR count). The van der Waals surface area contributed by atoms with Gasteiger partial charge in [0.15, 0.2) is 0 Å². The fourth-order valence-corrected chi connectivity index (χ4v) is 1.47. The molecule has 1 aliphatic rings. The van der Waals surface area contributed by atoms with E-state index in [-0.39, 0.29) is 0 Å². The van der Waals surface area contributed by atoms with Crippen molar-refractivity contribution in [1.29, 1.82) is 0 Å². The molecular formula is C12H12N2O. The van der Waals surface area contributed by atoms with Gasteiger partial charge in [0.05, 0.1) is 11.8 Å². The maximum atomic E-state index is 11.0. The molecule has 1 aliphatic carbocycles. The van der Waals surface area contributed by atoms with E-state index in [1.165, 1.54) is 0 Å². The molecule has 0 atom stereocenters. The molecule has 0 amide bonds. The van der Waals surface area contributed by atoms with Crippen LogP contribution in [0.1, 0.15) is 24.8 Å². The molecule has 0 unspecified atom stereocenters. The van der Waals surface area contributed by atoms with Crippen molar-refractivity contribution < 1.29 is 4.79 Å². The molecule has 0 spiro atoms. The van der Waals surface area contributed by atoms with Crippen LogP contribution in [0, 0.1) is 11.8 Å². The zero-order valence-electron chi connectivity index (χ0n) is 8.66. The zero-order chi connectivity index (χ0) is 10.7. The van der Waals surface area contributed by atoms with Gasteiger partial charge < -0.3 is 0 Å². The van der Waals surface area contributed by atoms with Crippen molar-refractivity contribution in [2.75, 3.05) is 0 Å². The minimum atomic E-state index is 0.307. The number of hydrogen-bond donors (Lipinski definition) is 0. The van der Waals surface area contributed by atoms with Crippen molar-refractivity contribution >= 4 is 5.78 Å². The normalized spacial score (nSPS) is 15.5. The number of aromatic nitrogens is 2. The zero-order valence-corrected chi connectivity index (χ0v) is 8.66. The van der Waals surface area contributed by atoms with Gasteiger partial charge in [-0.05, 0) is 12.0 Å². The van der Waals surface area contributed by atoms with Crippen LogP contribution in [0.5, 0.6) is 0 Å². The Labute approximate surface area is 88.8 Å². The highest BCUT2D eigenvalue weighted by molar-refractivity contribution is 5.81. The lowest BCUT2D eigenvalue weighted by atomic mass is 9.99. The molecule has 1 aromatic rings. The average molecular weight is 200 g/mol. The van der Waals surface area contributed by atoms with Gasteiger partial charge >= 0.3 is 0 Å². The van der Waals surface area contributed by atoms with Crippen molar-refractivity contribution in [3.8, 4) is 11.8 Å². The summed E-state index contributed by atoms with van der Waals surface area (Å²) in [4.78, 5) is 11.0. The lowest BCUT2D eigenvalue weighted by molar-refractivity contribution is -0.118. The maximum absolute atomic E-state index is 11.0. The first-order valence-electron chi connectivity index (χ1n) is 4.95. The quantitative estimate of drug-likeness (QED) is 0.594. The molecule has 0 N–H and O–H groups in total. The van der Waals surface area contributed by atoms with Gasteiger partial charge in [-0.25, -0.2) is 0 Å². The monoisotopic (exact) mass is 200 g/mol. The van der Waals surface area contributed by atoms with Crippen LogP contribution >= 0.6 is 0 Å². The van der Waals surface area contributed by atoms with Gasteiger partial charge in [0, 0.05) is 26.1 Å². The van der Waals surface area contributed by atoms with Crippen LogP contribution in [0.2, 0.25) is 0 Å². The fourth-order valence-electron chi connectivity index (χ4n) is 1.47. The Kier molecular flexibility index (Phi) is 2.68. The number of aryl methyl sites for hydroxylation is 1. The lowest BCUT2D eigenvalue weighted by Crippen LogP contribution is -2.02. The van der Waals surface area contributed by atoms with Gasteiger partial charge in [0.2, 0.25) is 0 Å². The third-order valence-electron chi connectivity index (χ3n) is 2.32. The van der Waals surface area contributed by atoms with Crippen LogP contribution < -0.4 is 0 Å². The molecule has 3 heteroatoms. The van der Waals surface area contributed by atoms with Crippen LogP contribution in [0.4, 0.5) is 0 Å². The molecule has 15 heavy (non-hydrogen) atoms. The van der Waals surface area contributed by atoms with E-state index in [2.05, 4.69) is 16.9 Å². The van der Waals surface area contributed by atoms with Gasteiger partial charge in [-0.1, -0.05) is 17.9 Å². The SMILES string of the molecule is Cn1cc(C#CC2=CCC(=O)CC2)cn1. The fraction of sp³-hybridized carbons (Fsp3) is 0.333. The van der Waals surface area contributed by atoms with Crippen molar-refractivity contribution in [3.63, 3.8) is 0 Å². The van der Waals surface area contributed by atoms with E-state index < -0.39 is 0 Å². The van der Waals surface area contributed by atoms with Crippen molar-refractivity contribution in [2.24, 2.45) is 7.05 Å². The van der Waals surface area contributed by atoms with Crippen molar-refractivity contribution in [2.45, 2.75) is 19.3 Å². The Balaban J connectivity index is 2.09. The summed E-state index contributed by atoms with van der Waals surface area (Å²) in [6, 6.07) is 0. The summed E-state index contributed by atoms with van der Waals surface area (Å²) in [5, 5.41) is 4.03.